The van der Waals surface area contributed by atoms with Gasteiger partial charge in [0.1, 0.15) is 5.82 Å². The summed E-state index contributed by atoms with van der Waals surface area (Å²) in [4.78, 5) is 11.1. The smallest absolute Gasteiger partial charge is 0.224 e. The molecule has 1 atom stereocenters. The minimum Gasteiger partial charge on any atom is -0.369 e. The summed E-state index contributed by atoms with van der Waals surface area (Å²) in [7, 11) is 0. The van der Waals surface area contributed by atoms with Crippen LogP contribution in [0.1, 0.15) is 22.9 Å². The van der Waals surface area contributed by atoms with Crippen LogP contribution in [-0.4, -0.2) is 15.0 Å². The monoisotopic (exact) mass is 230 g/mol. The molecule has 0 aliphatic heterocycles. The van der Waals surface area contributed by atoms with E-state index in [1.807, 2.05) is 12.1 Å². The number of aromatic nitrogens is 3. The number of rotatable bonds is 1. The lowest BCUT2D eigenvalue weighted by atomic mass is 9.77. The SMILES string of the molecule is Nc1nc(=S)nc(C2Cc3ccccc32)[nH]1. The van der Waals surface area contributed by atoms with Crippen molar-refractivity contribution >= 4 is 18.2 Å². The minimum atomic E-state index is 0.281. The number of fused-ring (bicyclic) bond motifs is 1. The van der Waals surface area contributed by atoms with Crippen molar-refractivity contribution in [3.05, 3.63) is 46.0 Å². The fourth-order valence-electron chi connectivity index (χ4n) is 2.09. The van der Waals surface area contributed by atoms with Crippen LogP contribution in [0.3, 0.4) is 0 Å². The van der Waals surface area contributed by atoms with Crippen LogP contribution in [0.15, 0.2) is 24.3 Å². The highest BCUT2D eigenvalue weighted by molar-refractivity contribution is 7.71. The molecule has 3 N–H and O–H groups in total. The van der Waals surface area contributed by atoms with E-state index in [9.17, 15) is 0 Å². The fraction of sp³-hybridized carbons (Fsp3) is 0.182. The Morgan fingerprint density at radius 1 is 1.31 bits per heavy atom. The first-order chi connectivity index (χ1) is 7.74. The van der Waals surface area contributed by atoms with Crippen LogP contribution in [0.25, 0.3) is 0 Å². The molecular weight excluding hydrogens is 220 g/mol. The number of aromatic amines is 1. The van der Waals surface area contributed by atoms with E-state index in [0.29, 0.717) is 10.7 Å². The van der Waals surface area contributed by atoms with E-state index in [2.05, 4.69) is 27.1 Å². The Labute approximate surface area is 97.6 Å². The van der Waals surface area contributed by atoms with Crippen molar-refractivity contribution in [2.45, 2.75) is 12.3 Å². The van der Waals surface area contributed by atoms with Gasteiger partial charge in [-0.05, 0) is 29.8 Å². The molecule has 2 aromatic rings. The van der Waals surface area contributed by atoms with Crippen molar-refractivity contribution in [2.75, 3.05) is 5.73 Å². The highest BCUT2D eigenvalue weighted by atomic mass is 32.1. The lowest BCUT2D eigenvalue weighted by Crippen LogP contribution is -2.21. The Kier molecular flexibility index (Phi) is 2.00. The van der Waals surface area contributed by atoms with Crippen molar-refractivity contribution in [2.24, 2.45) is 0 Å². The van der Waals surface area contributed by atoms with Crippen LogP contribution < -0.4 is 5.73 Å². The van der Waals surface area contributed by atoms with Gasteiger partial charge in [0.15, 0.2) is 0 Å². The number of nitrogens with one attached hydrogen (secondary N) is 1. The van der Waals surface area contributed by atoms with E-state index < -0.39 is 0 Å². The predicted octanol–water partition coefficient (Wildman–Crippen LogP) is 1.80. The third kappa shape index (κ3) is 1.40. The van der Waals surface area contributed by atoms with Gasteiger partial charge in [0.2, 0.25) is 10.7 Å². The van der Waals surface area contributed by atoms with Crippen LogP contribution in [0.4, 0.5) is 5.95 Å². The van der Waals surface area contributed by atoms with Crippen LogP contribution in [-0.2, 0) is 6.42 Å². The third-order valence-corrected chi connectivity index (χ3v) is 3.06. The first-order valence-corrected chi connectivity index (χ1v) is 5.46. The third-order valence-electron chi connectivity index (χ3n) is 2.87. The maximum atomic E-state index is 5.62. The van der Waals surface area contributed by atoms with Crippen molar-refractivity contribution in [3.8, 4) is 0 Å². The van der Waals surface area contributed by atoms with Crippen molar-refractivity contribution in [1.29, 1.82) is 0 Å². The van der Waals surface area contributed by atoms with Gasteiger partial charge in [-0.1, -0.05) is 24.3 Å². The second-order valence-corrected chi connectivity index (χ2v) is 4.22. The largest absolute Gasteiger partial charge is 0.369 e. The standard InChI is InChI=1S/C11H10N4S/c12-10-13-9(14-11(16)15-10)8-5-6-3-1-2-4-7(6)8/h1-4,8H,5H2,(H3,12,13,14,15,16). The summed E-state index contributed by atoms with van der Waals surface area (Å²) in [6, 6.07) is 8.32. The molecule has 0 bridgehead atoms. The molecule has 0 amide bonds. The van der Waals surface area contributed by atoms with Crippen molar-refractivity contribution in [3.63, 3.8) is 0 Å². The molecule has 1 aromatic carbocycles. The van der Waals surface area contributed by atoms with Gasteiger partial charge < -0.3 is 10.7 Å². The molecule has 1 unspecified atom stereocenters. The Hall–Kier alpha value is -1.75. The molecule has 0 radical (unpaired) electrons. The van der Waals surface area contributed by atoms with E-state index in [4.69, 9.17) is 18.0 Å². The summed E-state index contributed by atoms with van der Waals surface area (Å²) in [5.41, 5.74) is 8.28. The van der Waals surface area contributed by atoms with E-state index in [-0.39, 0.29) is 5.92 Å². The quantitative estimate of drug-likeness (QED) is 0.733. The first kappa shape index (κ1) is 9.47. The maximum Gasteiger partial charge on any atom is 0.224 e. The maximum absolute atomic E-state index is 5.62. The zero-order valence-corrected chi connectivity index (χ0v) is 9.29. The van der Waals surface area contributed by atoms with Gasteiger partial charge >= 0.3 is 0 Å². The number of nitrogens with zero attached hydrogens (tertiary/aromatic N) is 2. The highest BCUT2D eigenvalue weighted by Crippen LogP contribution is 2.38. The number of anilines is 1. The van der Waals surface area contributed by atoms with E-state index in [0.717, 1.165) is 12.2 Å². The molecule has 0 spiro atoms. The number of hydrogen-bond donors (Lipinski definition) is 2. The minimum absolute atomic E-state index is 0.281. The van der Waals surface area contributed by atoms with Crippen molar-refractivity contribution in [1.82, 2.24) is 15.0 Å². The molecule has 1 heterocycles. The van der Waals surface area contributed by atoms with Crippen LogP contribution >= 0.6 is 12.2 Å². The Morgan fingerprint density at radius 2 is 2.12 bits per heavy atom. The van der Waals surface area contributed by atoms with E-state index in [1.165, 1.54) is 11.1 Å². The van der Waals surface area contributed by atoms with Gasteiger partial charge in [-0.3, -0.25) is 0 Å². The summed E-state index contributed by atoms with van der Waals surface area (Å²) < 4.78 is 0.302. The average molecular weight is 230 g/mol. The molecule has 80 valence electrons. The zero-order chi connectivity index (χ0) is 11.1. The van der Waals surface area contributed by atoms with Crippen LogP contribution in [0.5, 0.6) is 0 Å². The molecule has 4 nitrogen and oxygen atoms in total. The number of H-pyrrole nitrogens is 1. The number of benzene rings is 1. The number of nitrogens with two attached hydrogens (primary N) is 1. The molecule has 1 aliphatic carbocycles. The Balaban J connectivity index is 2.05. The normalized spacial score (nSPS) is 17.6. The van der Waals surface area contributed by atoms with Gasteiger partial charge in [-0.2, -0.15) is 4.98 Å². The lowest BCUT2D eigenvalue weighted by Gasteiger charge is -2.29. The summed E-state index contributed by atoms with van der Waals surface area (Å²) in [6.07, 6.45) is 0.984. The molecular formula is C11H10N4S. The van der Waals surface area contributed by atoms with Crippen LogP contribution in [0, 0.1) is 4.77 Å². The summed E-state index contributed by atoms with van der Waals surface area (Å²) >= 11 is 4.95. The summed E-state index contributed by atoms with van der Waals surface area (Å²) in [6.45, 7) is 0. The van der Waals surface area contributed by atoms with Gasteiger partial charge in [0, 0.05) is 5.92 Å². The Morgan fingerprint density at radius 3 is 2.88 bits per heavy atom. The topological polar surface area (TPSA) is 67.6 Å². The molecule has 5 heteroatoms. The molecule has 1 aromatic heterocycles. The van der Waals surface area contributed by atoms with Gasteiger partial charge in [0.05, 0.1) is 0 Å². The number of hydrogen-bond acceptors (Lipinski definition) is 4. The highest BCUT2D eigenvalue weighted by Gasteiger charge is 2.28. The summed E-state index contributed by atoms with van der Waals surface area (Å²) in [5.74, 6) is 1.43. The molecule has 0 saturated carbocycles. The fourth-order valence-corrected chi connectivity index (χ4v) is 2.28. The Bertz CT molecular complexity index is 605. The van der Waals surface area contributed by atoms with E-state index in [1.54, 1.807) is 0 Å². The van der Waals surface area contributed by atoms with Gasteiger partial charge in [-0.25, -0.2) is 4.98 Å². The molecule has 0 saturated heterocycles. The molecule has 1 aliphatic rings. The van der Waals surface area contributed by atoms with Crippen molar-refractivity contribution < 1.29 is 0 Å². The average Bonchev–Trinajstić information content (AvgIpc) is 2.18. The molecule has 0 fully saturated rings. The van der Waals surface area contributed by atoms with Gasteiger partial charge in [-0.15, -0.1) is 0 Å². The first-order valence-electron chi connectivity index (χ1n) is 5.05. The summed E-state index contributed by atoms with van der Waals surface area (Å²) in [5, 5.41) is 0. The second-order valence-electron chi connectivity index (χ2n) is 3.86. The lowest BCUT2D eigenvalue weighted by molar-refractivity contribution is 0.654. The number of nitrogen functional groups attached to an aromatic ring is 1. The van der Waals surface area contributed by atoms with Gasteiger partial charge in [0.25, 0.3) is 0 Å². The zero-order valence-electron chi connectivity index (χ0n) is 8.47. The van der Waals surface area contributed by atoms with E-state index >= 15 is 0 Å². The predicted molar refractivity (Wildman–Crippen MR) is 63.6 cm³/mol. The second kappa shape index (κ2) is 3.38. The van der Waals surface area contributed by atoms with Crippen LogP contribution in [0.2, 0.25) is 0 Å². The molecule has 16 heavy (non-hydrogen) atoms. The molecule has 3 rings (SSSR count).